The van der Waals surface area contributed by atoms with Crippen molar-refractivity contribution < 1.29 is 0 Å². The SMILES string of the molecule is CC(N)c1cccn2cnnc12. The number of pyridine rings is 1. The molecule has 2 N–H and O–H groups in total. The van der Waals surface area contributed by atoms with Gasteiger partial charge in [-0.15, -0.1) is 10.2 Å². The summed E-state index contributed by atoms with van der Waals surface area (Å²) in [5.41, 5.74) is 7.62. The average molecular weight is 162 g/mol. The molecule has 0 fully saturated rings. The minimum Gasteiger partial charge on any atom is -0.324 e. The number of rotatable bonds is 1. The van der Waals surface area contributed by atoms with Crippen LogP contribution in [-0.4, -0.2) is 14.6 Å². The second-order valence-electron chi connectivity index (χ2n) is 2.81. The predicted molar refractivity (Wildman–Crippen MR) is 45.6 cm³/mol. The summed E-state index contributed by atoms with van der Waals surface area (Å²) >= 11 is 0. The Morgan fingerprint density at radius 1 is 1.58 bits per heavy atom. The lowest BCUT2D eigenvalue weighted by Crippen LogP contribution is -2.06. The van der Waals surface area contributed by atoms with E-state index in [1.165, 1.54) is 0 Å². The van der Waals surface area contributed by atoms with Crippen LogP contribution in [0.3, 0.4) is 0 Å². The molecule has 4 heteroatoms. The fourth-order valence-corrected chi connectivity index (χ4v) is 1.23. The van der Waals surface area contributed by atoms with E-state index >= 15 is 0 Å². The molecule has 62 valence electrons. The smallest absolute Gasteiger partial charge is 0.165 e. The van der Waals surface area contributed by atoms with Gasteiger partial charge in [0, 0.05) is 17.8 Å². The fourth-order valence-electron chi connectivity index (χ4n) is 1.23. The Hall–Kier alpha value is -1.42. The van der Waals surface area contributed by atoms with Gasteiger partial charge in [-0.2, -0.15) is 0 Å². The fraction of sp³-hybridized carbons (Fsp3) is 0.250. The summed E-state index contributed by atoms with van der Waals surface area (Å²) in [6.45, 7) is 1.93. The maximum absolute atomic E-state index is 5.76. The molecule has 2 aromatic heterocycles. The first-order valence-corrected chi connectivity index (χ1v) is 3.83. The van der Waals surface area contributed by atoms with Gasteiger partial charge in [0.1, 0.15) is 6.33 Å². The van der Waals surface area contributed by atoms with E-state index in [4.69, 9.17) is 5.73 Å². The minimum atomic E-state index is -0.00194. The van der Waals surface area contributed by atoms with Crippen molar-refractivity contribution in [3.63, 3.8) is 0 Å². The van der Waals surface area contributed by atoms with Crippen molar-refractivity contribution in [1.29, 1.82) is 0 Å². The lowest BCUT2D eigenvalue weighted by molar-refractivity contribution is 0.815. The van der Waals surface area contributed by atoms with E-state index in [0.717, 1.165) is 11.2 Å². The normalized spacial score (nSPS) is 13.5. The van der Waals surface area contributed by atoms with Crippen LogP contribution in [0.4, 0.5) is 0 Å². The lowest BCUT2D eigenvalue weighted by Gasteiger charge is -2.05. The molecule has 0 aliphatic heterocycles. The van der Waals surface area contributed by atoms with Crippen LogP contribution >= 0.6 is 0 Å². The molecule has 0 bridgehead atoms. The molecule has 4 nitrogen and oxygen atoms in total. The first-order chi connectivity index (χ1) is 5.79. The second kappa shape index (κ2) is 2.57. The zero-order valence-corrected chi connectivity index (χ0v) is 6.81. The van der Waals surface area contributed by atoms with Gasteiger partial charge >= 0.3 is 0 Å². The van der Waals surface area contributed by atoms with E-state index in [9.17, 15) is 0 Å². The Balaban J connectivity index is 2.73. The zero-order valence-electron chi connectivity index (χ0n) is 6.81. The van der Waals surface area contributed by atoms with Crippen LogP contribution in [0, 0.1) is 0 Å². The van der Waals surface area contributed by atoms with Gasteiger partial charge in [0.25, 0.3) is 0 Å². The highest BCUT2D eigenvalue weighted by molar-refractivity contribution is 5.47. The van der Waals surface area contributed by atoms with Crippen molar-refractivity contribution in [2.45, 2.75) is 13.0 Å². The molecule has 2 aromatic rings. The maximum Gasteiger partial charge on any atom is 0.165 e. The third kappa shape index (κ3) is 0.967. The molecule has 2 heterocycles. The standard InChI is InChI=1S/C8H10N4/c1-6(9)7-3-2-4-12-5-10-11-8(7)12/h2-6H,9H2,1H3. The maximum atomic E-state index is 5.76. The van der Waals surface area contributed by atoms with Crippen molar-refractivity contribution in [2.24, 2.45) is 5.73 Å². The van der Waals surface area contributed by atoms with Crippen LogP contribution in [-0.2, 0) is 0 Å². The van der Waals surface area contributed by atoms with Gasteiger partial charge in [-0.25, -0.2) is 0 Å². The van der Waals surface area contributed by atoms with Crippen molar-refractivity contribution in [3.05, 3.63) is 30.2 Å². The zero-order chi connectivity index (χ0) is 8.55. The summed E-state index contributed by atoms with van der Waals surface area (Å²) < 4.78 is 1.86. The molecule has 0 aliphatic carbocycles. The molecule has 1 unspecified atom stereocenters. The van der Waals surface area contributed by atoms with Crippen LogP contribution in [0.15, 0.2) is 24.7 Å². The molecule has 0 aliphatic rings. The number of aromatic nitrogens is 3. The van der Waals surface area contributed by atoms with Gasteiger partial charge in [0.05, 0.1) is 0 Å². The van der Waals surface area contributed by atoms with Gasteiger partial charge < -0.3 is 5.73 Å². The van der Waals surface area contributed by atoms with E-state index in [-0.39, 0.29) is 6.04 Å². The van der Waals surface area contributed by atoms with Crippen LogP contribution in [0.1, 0.15) is 18.5 Å². The molecular weight excluding hydrogens is 152 g/mol. The predicted octanol–water partition coefficient (Wildman–Crippen LogP) is 0.749. The molecular formula is C8H10N4. The number of nitrogens with two attached hydrogens (primary N) is 1. The molecule has 1 atom stereocenters. The third-order valence-corrected chi connectivity index (χ3v) is 1.84. The third-order valence-electron chi connectivity index (χ3n) is 1.84. The number of hydrogen-bond donors (Lipinski definition) is 1. The minimum absolute atomic E-state index is 0.00194. The van der Waals surface area contributed by atoms with E-state index in [1.807, 2.05) is 29.7 Å². The Bertz CT molecular complexity index is 391. The Kier molecular flexibility index (Phi) is 1.55. The summed E-state index contributed by atoms with van der Waals surface area (Å²) in [4.78, 5) is 0. The van der Waals surface area contributed by atoms with Crippen LogP contribution in [0.25, 0.3) is 5.65 Å². The molecule has 12 heavy (non-hydrogen) atoms. The Labute approximate surface area is 70.0 Å². The quantitative estimate of drug-likeness (QED) is 0.673. The molecule has 0 amide bonds. The molecule has 0 saturated heterocycles. The van der Waals surface area contributed by atoms with Crippen LogP contribution < -0.4 is 5.73 Å². The molecule has 0 radical (unpaired) electrons. The highest BCUT2D eigenvalue weighted by Gasteiger charge is 2.05. The second-order valence-corrected chi connectivity index (χ2v) is 2.81. The molecule has 2 rings (SSSR count). The Morgan fingerprint density at radius 2 is 2.42 bits per heavy atom. The average Bonchev–Trinajstić information content (AvgIpc) is 2.49. The van der Waals surface area contributed by atoms with E-state index in [1.54, 1.807) is 6.33 Å². The van der Waals surface area contributed by atoms with E-state index < -0.39 is 0 Å². The molecule has 0 spiro atoms. The first kappa shape index (κ1) is 7.24. The van der Waals surface area contributed by atoms with Gasteiger partial charge in [-0.05, 0) is 13.0 Å². The van der Waals surface area contributed by atoms with Gasteiger partial charge in [0.15, 0.2) is 5.65 Å². The summed E-state index contributed by atoms with van der Waals surface area (Å²) in [6, 6.07) is 3.90. The lowest BCUT2D eigenvalue weighted by atomic mass is 10.1. The van der Waals surface area contributed by atoms with E-state index in [2.05, 4.69) is 10.2 Å². The number of nitrogens with zero attached hydrogens (tertiary/aromatic N) is 3. The summed E-state index contributed by atoms with van der Waals surface area (Å²) in [5, 5.41) is 7.77. The van der Waals surface area contributed by atoms with E-state index in [0.29, 0.717) is 0 Å². The van der Waals surface area contributed by atoms with Crippen LogP contribution in [0.5, 0.6) is 0 Å². The highest BCUT2D eigenvalue weighted by atomic mass is 15.2. The first-order valence-electron chi connectivity index (χ1n) is 3.83. The van der Waals surface area contributed by atoms with Crippen molar-refractivity contribution >= 4 is 5.65 Å². The summed E-state index contributed by atoms with van der Waals surface area (Å²) in [7, 11) is 0. The van der Waals surface area contributed by atoms with Crippen molar-refractivity contribution in [1.82, 2.24) is 14.6 Å². The van der Waals surface area contributed by atoms with Crippen molar-refractivity contribution in [2.75, 3.05) is 0 Å². The monoisotopic (exact) mass is 162 g/mol. The van der Waals surface area contributed by atoms with Crippen molar-refractivity contribution in [3.8, 4) is 0 Å². The summed E-state index contributed by atoms with van der Waals surface area (Å²) in [5.74, 6) is 0. The van der Waals surface area contributed by atoms with Crippen LogP contribution in [0.2, 0.25) is 0 Å². The number of fused-ring (bicyclic) bond motifs is 1. The summed E-state index contributed by atoms with van der Waals surface area (Å²) in [6.07, 6.45) is 3.57. The van der Waals surface area contributed by atoms with Gasteiger partial charge in [0.2, 0.25) is 0 Å². The van der Waals surface area contributed by atoms with Gasteiger partial charge in [-0.3, -0.25) is 4.40 Å². The highest BCUT2D eigenvalue weighted by Crippen LogP contribution is 2.13. The Morgan fingerprint density at radius 3 is 3.17 bits per heavy atom. The largest absolute Gasteiger partial charge is 0.324 e. The molecule has 0 aromatic carbocycles. The number of hydrogen-bond acceptors (Lipinski definition) is 3. The molecule has 0 saturated carbocycles. The van der Waals surface area contributed by atoms with Gasteiger partial charge in [-0.1, -0.05) is 6.07 Å². The topological polar surface area (TPSA) is 56.2 Å².